The molecule has 1 heterocycles. The molecular formula is C20H33N3O3S. The minimum absolute atomic E-state index is 0.0105. The Kier molecular flexibility index (Phi) is 6.71. The van der Waals surface area contributed by atoms with Crippen molar-refractivity contribution in [1.82, 2.24) is 14.5 Å². The van der Waals surface area contributed by atoms with Gasteiger partial charge in [0.15, 0.2) is 0 Å². The summed E-state index contributed by atoms with van der Waals surface area (Å²) in [6.07, 6.45) is 0.884. The molecule has 7 heteroatoms. The molecule has 1 amide bonds. The molecule has 27 heavy (non-hydrogen) atoms. The number of sulfonamides is 1. The summed E-state index contributed by atoms with van der Waals surface area (Å²) in [5.74, 6) is -0.0105. The highest BCUT2D eigenvalue weighted by atomic mass is 32.2. The molecule has 0 radical (unpaired) electrons. The van der Waals surface area contributed by atoms with Crippen molar-refractivity contribution < 1.29 is 13.2 Å². The van der Waals surface area contributed by atoms with Gasteiger partial charge in [0.1, 0.15) is 0 Å². The van der Waals surface area contributed by atoms with Crippen LogP contribution < -0.4 is 5.32 Å². The highest BCUT2D eigenvalue weighted by Crippen LogP contribution is 2.26. The quantitative estimate of drug-likeness (QED) is 0.803. The molecule has 0 spiro atoms. The Labute approximate surface area is 164 Å². The van der Waals surface area contributed by atoms with E-state index in [9.17, 15) is 13.2 Å². The van der Waals surface area contributed by atoms with Crippen LogP contribution in [0, 0.1) is 5.41 Å². The second-order valence-electron chi connectivity index (χ2n) is 9.16. The molecule has 0 saturated carbocycles. The van der Waals surface area contributed by atoms with Crippen LogP contribution in [0.2, 0.25) is 0 Å². The van der Waals surface area contributed by atoms with Crippen molar-refractivity contribution in [2.24, 2.45) is 5.41 Å². The summed E-state index contributed by atoms with van der Waals surface area (Å²) >= 11 is 0. The number of nitrogens with zero attached hydrogens (tertiary/aromatic N) is 2. The summed E-state index contributed by atoms with van der Waals surface area (Å²) in [4.78, 5) is 14.8. The Morgan fingerprint density at radius 3 is 2.07 bits per heavy atom. The van der Waals surface area contributed by atoms with Crippen molar-refractivity contribution in [2.45, 2.75) is 51.5 Å². The zero-order valence-electron chi connectivity index (χ0n) is 17.2. The number of carbonyl (C=O) groups is 1. The van der Waals surface area contributed by atoms with E-state index in [1.165, 1.54) is 4.31 Å². The molecule has 0 aromatic heterocycles. The smallest absolute Gasteiger partial charge is 0.243 e. The summed E-state index contributed by atoms with van der Waals surface area (Å²) in [5, 5.41) is 3.11. The van der Waals surface area contributed by atoms with Gasteiger partial charge >= 0.3 is 0 Å². The molecule has 1 aliphatic rings. The van der Waals surface area contributed by atoms with Crippen LogP contribution in [0.3, 0.4) is 0 Å². The third-order valence-corrected chi connectivity index (χ3v) is 6.44. The van der Waals surface area contributed by atoms with Crippen LogP contribution in [-0.2, 0) is 14.8 Å². The van der Waals surface area contributed by atoms with Crippen molar-refractivity contribution in [2.75, 3.05) is 32.7 Å². The van der Waals surface area contributed by atoms with Gasteiger partial charge in [0.25, 0.3) is 0 Å². The molecule has 1 saturated heterocycles. The van der Waals surface area contributed by atoms with E-state index in [4.69, 9.17) is 0 Å². The van der Waals surface area contributed by atoms with Crippen molar-refractivity contribution in [3.63, 3.8) is 0 Å². The Bertz CT molecular complexity index is 731. The van der Waals surface area contributed by atoms with Crippen molar-refractivity contribution in [1.29, 1.82) is 0 Å². The van der Waals surface area contributed by atoms with Crippen molar-refractivity contribution >= 4 is 15.9 Å². The maximum Gasteiger partial charge on any atom is 0.243 e. The number of nitrogens with one attached hydrogen (secondary N) is 1. The molecular weight excluding hydrogens is 362 g/mol. The number of benzene rings is 1. The lowest BCUT2D eigenvalue weighted by molar-refractivity contribution is -0.124. The highest BCUT2D eigenvalue weighted by molar-refractivity contribution is 7.89. The molecule has 6 nitrogen and oxygen atoms in total. The van der Waals surface area contributed by atoms with Gasteiger partial charge in [0.05, 0.1) is 11.4 Å². The van der Waals surface area contributed by atoms with Gasteiger partial charge in [-0.05, 0) is 37.8 Å². The SMILES string of the molecule is CC(C)(C)CC(C)(C)NC(=O)CN1CCN(S(=O)(=O)c2ccccc2)CC1. The number of amides is 1. The zero-order chi connectivity index (χ0) is 20.3. The van der Waals surface area contributed by atoms with Crippen molar-refractivity contribution in [3.8, 4) is 0 Å². The zero-order valence-corrected chi connectivity index (χ0v) is 18.0. The van der Waals surface area contributed by atoms with Crippen molar-refractivity contribution in [3.05, 3.63) is 30.3 Å². The fourth-order valence-corrected chi connectivity index (χ4v) is 5.30. The normalized spacial score (nSPS) is 17.7. The second kappa shape index (κ2) is 8.29. The van der Waals surface area contributed by atoms with Crippen LogP contribution in [-0.4, -0.2) is 61.8 Å². The minimum Gasteiger partial charge on any atom is -0.350 e. The van der Waals surface area contributed by atoms with E-state index in [0.29, 0.717) is 37.6 Å². The van der Waals surface area contributed by atoms with Gasteiger partial charge in [-0.1, -0.05) is 39.0 Å². The van der Waals surface area contributed by atoms with Gasteiger partial charge in [0, 0.05) is 31.7 Å². The van der Waals surface area contributed by atoms with E-state index in [1.54, 1.807) is 30.3 Å². The first-order valence-electron chi connectivity index (χ1n) is 9.48. The number of hydrogen-bond donors (Lipinski definition) is 1. The molecule has 2 rings (SSSR count). The van der Waals surface area contributed by atoms with Crippen LogP contribution in [0.5, 0.6) is 0 Å². The Hall–Kier alpha value is -1.44. The first-order valence-corrected chi connectivity index (χ1v) is 10.9. The van der Waals surface area contributed by atoms with E-state index < -0.39 is 10.0 Å². The third-order valence-electron chi connectivity index (χ3n) is 4.53. The predicted octanol–water partition coefficient (Wildman–Crippen LogP) is 2.32. The summed E-state index contributed by atoms with van der Waals surface area (Å²) in [6, 6.07) is 8.50. The molecule has 1 aliphatic heterocycles. The van der Waals surface area contributed by atoms with E-state index in [1.807, 2.05) is 18.7 Å². The molecule has 152 valence electrons. The fraction of sp³-hybridized carbons (Fsp3) is 0.650. The summed E-state index contributed by atoms with van der Waals surface area (Å²) in [7, 11) is -3.46. The monoisotopic (exact) mass is 395 g/mol. The third kappa shape index (κ3) is 6.59. The topological polar surface area (TPSA) is 69.7 Å². The first-order chi connectivity index (χ1) is 12.4. The molecule has 0 bridgehead atoms. The summed E-state index contributed by atoms with van der Waals surface area (Å²) < 4.78 is 26.8. The van der Waals surface area contributed by atoms with Crippen LogP contribution >= 0.6 is 0 Å². The molecule has 0 unspecified atom stereocenters. The van der Waals surface area contributed by atoms with Gasteiger partial charge < -0.3 is 5.32 Å². The maximum absolute atomic E-state index is 12.7. The van der Waals surface area contributed by atoms with Crippen LogP contribution in [0.1, 0.15) is 41.0 Å². The molecule has 1 aromatic carbocycles. The van der Waals surface area contributed by atoms with E-state index in [-0.39, 0.29) is 16.9 Å². The summed E-state index contributed by atoms with van der Waals surface area (Å²) in [5.41, 5.74) is -0.137. The molecule has 1 N–H and O–H groups in total. The largest absolute Gasteiger partial charge is 0.350 e. The first kappa shape index (κ1) is 21.9. The van der Waals surface area contributed by atoms with Crippen LogP contribution in [0.25, 0.3) is 0 Å². The van der Waals surface area contributed by atoms with Gasteiger partial charge in [-0.3, -0.25) is 9.69 Å². The van der Waals surface area contributed by atoms with Gasteiger partial charge in [-0.2, -0.15) is 4.31 Å². The molecule has 1 fully saturated rings. The number of rotatable bonds is 6. The molecule has 1 aromatic rings. The number of carbonyl (C=O) groups excluding carboxylic acids is 1. The Morgan fingerprint density at radius 2 is 1.56 bits per heavy atom. The standard InChI is InChI=1S/C20H33N3O3S/c1-19(2,3)16-20(4,5)21-18(24)15-22-11-13-23(14-12-22)27(25,26)17-9-7-6-8-10-17/h6-10H,11-16H2,1-5H3,(H,21,24). The fourth-order valence-electron chi connectivity index (χ4n) is 3.86. The van der Waals surface area contributed by atoms with E-state index in [0.717, 1.165) is 6.42 Å². The average molecular weight is 396 g/mol. The Balaban J connectivity index is 1.86. The van der Waals surface area contributed by atoms with Crippen LogP contribution in [0.15, 0.2) is 35.2 Å². The van der Waals surface area contributed by atoms with Gasteiger partial charge in [-0.25, -0.2) is 8.42 Å². The van der Waals surface area contributed by atoms with E-state index in [2.05, 4.69) is 26.1 Å². The average Bonchev–Trinajstić information content (AvgIpc) is 2.53. The predicted molar refractivity (Wildman–Crippen MR) is 108 cm³/mol. The number of piperazine rings is 1. The van der Waals surface area contributed by atoms with E-state index >= 15 is 0 Å². The van der Waals surface area contributed by atoms with Crippen LogP contribution in [0.4, 0.5) is 0 Å². The minimum atomic E-state index is -3.46. The maximum atomic E-state index is 12.7. The summed E-state index contributed by atoms with van der Waals surface area (Å²) in [6.45, 7) is 12.8. The highest BCUT2D eigenvalue weighted by Gasteiger charge is 2.30. The lowest BCUT2D eigenvalue weighted by Crippen LogP contribution is -2.53. The Morgan fingerprint density at radius 1 is 1.00 bits per heavy atom. The second-order valence-corrected chi connectivity index (χ2v) is 11.1. The lowest BCUT2D eigenvalue weighted by Gasteiger charge is -2.36. The lowest BCUT2D eigenvalue weighted by atomic mass is 9.82. The van der Waals surface area contributed by atoms with Gasteiger partial charge in [-0.15, -0.1) is 0 Å². The number of hydrogen-bond acceptors (Lipinski definition) is 4. The molecule has 0 atom stereocenters. The molecule has 0 aliphatic carbocycles. The van der Waals surface area contributed by atoms with Gasteiger partial charge in [0.2, 0.25) is 15.9 Å².